The van der Waals surface area contributed by atoms with Crippen molar-refractivity contribution >= 4 is 39.8 Å². The summed E-state index contributed by atoms with van der Waals surface area (Å²) in [4.78, 5) is 33.1. The Kier molecular flexibility index (Phi) is 5.61. The highest BCUT2D eigenvalue weighted by molar-refractivity contribution is 7.15. The fourth-order valence-electron chi connectivity index (χ4n) is 4.00. The average molecular weight is 432 g/mol. The van der Waals surface area contributed by atoms with Gasteiger partial charge in [0.2, 0.25) is 0 Å². The van der Waals surface area contributed by atoms with Crippen LogP contribution in [-0.2, 0) is 16.0 Å². The summed E-state index contributed by atoms with van der Waals surface area (Å²) in [5.74, 6) is -0.413. The van der Waals surface area contributed by atoms with E-state index in [-0.39, 0.29) is 11.9 Å². The molecular formula is C21H22ClN3O3S. The molecule has 1 fully saturated rings. The third-order valence-electron chi connectivity index (χ3n) is 5.32. The largest absolute Gasteiger partial charge is 0.466 e. The summed E-state index contributed by atoms with van der Waals surface area (Å²) in [6.07, 6.45) is 5.50. The molecule has 8 heteroatoms. The molecule has 3 aromatic rings. The molecule has 0 aliphatic carbocycles. The van der Waals surface area contributed by atoms with E-state index in [0.29, 0.717) is 43.3 Å². The van der Waals surface area contributed by atoms with Crippen molar-refractivity contribution in [2.45, 2.75) is 26.2 Å². The first-order valence-corrected chi connectivity index (χ1v) is 10.9. The minimum absolute atomic E-state index is 0.152. The first-order chi connectivity index (χ1) is 14.0. The summed E-state index contributed by atoms with van der Waals surface area (Å²) >= 11 is 7.63. The predicted octanol–water partition coefficient (Wildman–Crippen LogP) is 4.08. The molecular weight excluding hydrogens is 410 g/mol. The molecule has 0 radical (unpaired) electrons. The molecule has 1 aliphatic rings. The van der Waals surface area contributed by atoms with Crippen LogP contribution in [0.3, 0.4) is 0 Å². The van der Waals surface area contributed by atoms with Gasteiger partial charge in [-0.25, -0.2) is 4.98 Å². The van der Waals surface area contributed by atoms with Gasteiger partial charge in [-0.05, 0) is 43.9 Å². The zero-order valence-corrected chi connectivity index (χ0v) is 17.7. The van der Waals surface area contributed by atoms with Crippen molar-refractivity contribution in [3.05, 3.63) is 58.3 Å². The Bertz CT molecular complexity index is 1020. The molecule has 1 aliphatic heterocycles. The zero-order valence-electron chi connectivity index (χ0n) is 16.1. The number of carbonyl (C=O) groups is 2. The Balaban J connectivity index is 1.61. The lowest BCUT2D eigenvalue weighted by Gasteiger charge is -2.41. The number of benzene rings is 1. The lowest BCUT2D eigenvalue weighted by atomic mass is 9.75. The fourth-order valence-corrected chi connectivity index (χ4v) is 4.92. The van der Waals surface area contributed by atoms with E-state index in [1.54, 1.807) is 18.0 Å². The number of ether oxygens (including phenoxy) is 1. The van der Waals surface area contributed by atoms with E-state index in [1.807, 2.05) is 40.2 Å². The Morgan fingerprint density at radius 1 is 1.38 bits per heavy atom. The van der Waals surface area contributed by atoms with Gasteiger partial charge in [0.15, 0.2) is 4.96 Å². The van der Waals surface area contributed by atoms with Crippen LogP contribution in [0.1, 0.15) is 35.8 Å². The molecule has 4 rings (SSSR count). The van der Waals surface area contributed by atoms with Gasteiger partial charge >= 0.3 is 5.97 Å². The molecule has 0 N–H and O–H groups in total. The number of piperidine rings is 1. The predicted molar refractivity (Wildman–Crippen MR) is 112 cm³/mol. The van der Waals surface area contributed by atoms with Crippen molar-refractivity contribution < 1.29 is 14.3 Å². The maximum atomic E-state index is 13.1. The first-order valence-electron chi connectivity index (χ1n) is 9.64. The standard InChI is InChI=1S/C21H22ClN3O3S/c1-2-28-19(27)21(12-15-5-3-6-16(22)11-15)7-4-8-25(14-21)18(26)17-13-24-9-10-29-20(24)23-17/h3,5-6,9-11,13H,2,4,7-8,12,14H2,1H3. The normalized spacial score (nSPS) is 19.4. The van der Waals surface area contributed by atoms with Crippen molar-refractivity contribution in [1.82, 2.24) is 14.3 Å². The summed E-state index contributed by atoms with van der Waals surface area (Å²) in [5.41, 5.74) is 0.577. The topological polar surface area (TPSA) is 63.9 Å². The van der Waals surface area contributed by atoms with E-state index in [2.05, 4.69) is 4.98 Å². The van der Waals surface area contributed by atoms with Crippen molar-refractivity contribution in [2.24, 2.45) is 5.41 Å². The zero-order chi connectivity index (χ0) is 20.4. The van der Waals surface area contributed by atoms with Crippen LogP contribution in [0.25, 0.3) is 4.96 Å². The van der Waals surface area contributed by atoms with Crippen LogP contribution in [0.5, 0.6) is 0 Å². The number of imidazole rings is 1. The van der Waals surface area contributed by atoms with Crippen LogP contribution in [0.4, 0.5) is 0 Å². The second-order valence-electron chi connectivity index (χ2n) is 7.36. The molecule has 1 amide bonds. The summed E-state index contributed by atoms with van der Waals surface area (Å²) in [6, 6.07) is 7.51. The monoisotopic (exact) mass is 431 g/mol. The molecule has 1 unspecified atom stereocenters. The maximum absolute atomic E-state index is 13.1. The number of likely N-dealkylation sites (tertiary alicyclic amines) is 1. The van der Waals surface area contributed by atoms with Gasteiger partial charge in [0.25, 0.3) is 5.91 Å². The smallest absolute Gasteiger partial charge is 0.314 e. The molecule has 0 spiro atoms. The number of halogens is 1. The van der Waals surface area contributed by atoms with Crippen LogP contribution in [0.15, 0.2) is 42.0 Å². The van der Waals surface area contributed by atoms with Crippen molar-refractivity contribution in [3.8, 4) is 0 Å². The van der Waals surface area contributed by atoms with Gasteiger partial charge in [-0.3, -0.25) is 14.0 Å². The molecule has 2 aromatic heterocycles. The van der Waals surface area contributed by atoms with Gasteiger partial charge < -0.3 is 9.64 Å². The third kappa shape index (κ3) is 4.02. The Hall–Kier alpha value is -2.38. The maximum Gasteiger partial charge on any atom is 0.314 e. The molecule has 29 heavy (non-hydrogen) atoms. The lowest BCUT2D eigenvalue weighted by Crippen LogP contribution is -2.51. The van der Waals surface area contributed by atoms with E-state index < -0.39 is 5.41 Å². The van der Waals surface area contributed by atoms with E-state index in [9.17, 15) is 9.59 Å². The number of esters is 1. The molecule has 0 bridgehead atoms. The molecule has 3 heterocycles. The van der Waals surface area contributed by atoms with Gasteiger partial charge in [0.1, 0.15) is 5.69 Å². The number of rotatable bonds is 5. The number of amides is 1. The molecule has 152 valence electrons. The second-order valence-corrected chi connectivity index (χ2v) is 8.67. The SMILES string of the molecule is CCOC(=O)C1(Cc2cccc(Cl)c2)CCCN(C(=O)c2cn3ccsc3n2)C1. The van der Waals surface area contributed by atoms with Crippen LogP contribution in [0, 0.1) is 5.41 Å². The lowest BCUT2D eigenvalue weighted by molar-refractivity contribution is -0.158. The van der Waals surface area contributed by atoms with Gasteiger partial charge in [0, 0.05) is 35.9 Å². The van der Waals surface area contributed by atoms with E-state index in [1.165, 1.54) is 11.3 Å². The molecule has 0 saturated carbocycles. The fraction of sp³-hybridized carbons (Fsp3) is 0.381. The van der Waals surface area contributed by atoms with Crippen molar-refractivity contribution in [3.63, 3.8) is 0 Å². The number of hydrogen-bond acceptors (Lipinski definition) is 5. The minimum Gasteiger partial charge on any atom is -0.466 e. The molecule has 1 saturated heterocycles. The highest BCUT2D eigenvalue weighted by Crippen LogP contribution is 2.36. The van der Waals surface area contributed by atoms with Crippen LogP contribution in [0.2, 0.25) is 5.02 Å². The number of fused-ring (bicyclic) bond motifs is 1. The van der Waals surface area contributed by atoms with E-state index >= 15 is 0 Å². The Morgan fingerprint density at radius 2 is 2.24 bits per heavy atom. The van der Waals surface area contributed by atoms with Gasteiger partial charge in [-0.15, -0.1) is 11.3 Å². The van der Waals surface area contributed by atoms with Crippen molar-refractivity contribution in [1.29, 1.82) is 0 Å². The summed E-state index contributed by atoms with van der Waals surface area (Å²) in [7, 11) is 0. The summed E-state index contributed by atoms with van der Waals surface area (Å²) in [6.45, 7) is 3.01. The summed E-state index contributed by atoms with van der Waals surface area (Å²) < 4.78 is 7.27. The molecule has 6 nitrogen and oxygen atoms in total. The van der Waals surface area contributed by atoms with Gasteiger partial charge in [0.05, 0.1) is 12.0 Å². The third-order valence-corrected chi connectivity index (χ3v) is 6.32. The number of thiazole rings is 1. The first kappa shape index (κ1) is 19.9. The molecule has 1 atom stereocenters. The van der Waals surface area contributed by atoms with Crippen molar-refractivity contribution in [2.75, 3.05) is 19.7 Å². The quantitative estimate of drug-likeness (QED) is 0.571. The van der Waals surface area contributed by atoms with Gasteiger partial charge in [-0.1, -0.05) is 23.7 Å². The van der Waals surface area contributed by atoms with Crippen LogP contribution < -0.4 is 0 Å². The second kappa shape index (κ2) is 8.16. The van der Waals surface area contributed by atoms with Crippen LogP contribution in [-0.4, -0.2) is 45.9 Å². The Morgan fingerprint density at radius 3 is 3.00 bits per heavy atom. The highest BCUT2D eigenvalue weighted by atomic mass is 35.5. The number of aromatic nitrogens is 2. The highest BCUT2D eigenvalue weighted by Gasteiger charge is 2.45. The van der Waals surface area contributed by atoms with Gasteiger partial charge in [-0.2, -0.15) is 0 Å². The number of carbonyl (C=O) groups excluding carboxylic acids is 2. The minimum atomic E-state index is -0.786. The molecule has 1 aromatic carbocycles. The van der Waals surface area contributed by atoms with E-state index in [0.717, 1.165) is 16.9 Å². The number of hydrogen-bond donors (Lipinski definition) is 0. The number of nitrogens with zero attached hydrogens (tertiary/aromatic N) is 3. The summed E-state index contributed by atoms with van der Waals surface area (Å²) in [5, 5.41) is 2.55. The Labute approximate surface area is 178 Å². The van der Waals surface area contributed by atoms with Crippen LogP contribution >= 0.6 is 22.9 Å². The average Bonchev–Trinajstić information content (AvgIpc) is 3.30. The van der Waals surface area contributed by atoms with E-state index in [4.69, 9.17) is 16.3 Å².